The number of hydrazine groups is 1. The van der Waals surface area contributed by atoms with E-state index in [0.29, 0.717) is 5.92 Å². The van der Waals surface area contributed by atoms with Gasteiger partial charge in [0.05, 0.1) is 6.04 Å². The van der Waals surface area contributed by atoms with Crippen LogP contribution in [0.1, 0.15) is 59.1 Å². The first-order valence-corrected chi connectivity index (χ1v) is 10.4. The molecule has 1 heterocycles. The average Bonchev–Trinajstić information content (AvgIpc) is 3.16. The van der Waals surface area contributed by atoms with E-state index in [2.05, 4.69) is 79.3 Å². The first-order valence-electron chi connectivity index (χ1n) is 10.4. The summed E-state index contributed by atoms with van der Waals surface area (Å²) in [6, 6.07) is 10.9. The molecule has 0 bridgehead atoms. The molecule has 3 heteroatoms. The molecule has 1 aromatic rings. The van der Waals surface area contributed by atoms with Crippen LogP contribution in [-0.2, 0) is 0 Å². The molecule has 152 valence electrons. The molecule has 2 rings (SSSR count). The van der Waals surface area contributed by atoms with Gasteiger partial charge in [0.2, 0.25) is 0 Å². The summed E-state index contributed by atoms with van der Waals surface area (Å²) < 4.78 is 0. The van der Waals surface area contributed by atoms with Gasteiger partial charge in [0.1, 0.15) is 0 Å². The summed E-state index contributed by atoms with van der Waals surface area (Å²) in [4.78, 5) is 2.54. The summed E-state index contributed by atoms with van der Waals surface area (Å²) in [6.07, 6.45) is 10.7. The molecule has 1 aromatic carbocycles. The number of allylic oxidation sites excluding steroid dienone is 3. The van der Waals surface area contributed by atoms with Crippen molar-refractivity contribution in [1.82, 2.24) is 10.3 Å². The Morgan fingerprint density at radius 2 is 1.93 bits per heavy atom. The van der Waals surface area contributed by atoms with Crippen molar-refractivity contribution in [2.45, 2.75) is 53.5 Å². The first kappa shape index (κ1) is 25.3. The minimum absolute atomic E-state index is 0.262. The smallest absolute Gasteiger partial charge is 0.0601 e. The average molecular weight is 372 g/mol. The Morgan fingerprint density at radius 1 is 1.30 bits per heavy atom. The number of nitrogens with one attached hydrogen (secondary N) is 1. The molecule has 3 N–H and O–H groups in total. The van der Waals surface area contributed by atoms with Crippen LogP contribution in [0, 0.1) is 5.92 Å². The molecule has 1 fully saturated rings. The summed E-state index contributed by atoms with van der Waals surface area (Å²) in [6.45, 7) is 17.3. The zero-order valence-electron chi connectivity index (χ0n) is 18.1. The van der Waals surface area contributed by atoms with E-state index in [-0.39, 0.29) is 6.04 Å². The van der Waals surface area contributed by atoms with Gasteiger partial charge in [-0.15, -0.1) is 0 Å². The lowest BCUT2D eigenvalue weighted by molar-refractivity contribution is 0.268. The second-order valence-electron chi connectivity index (χ2n) is 6.47. The largest absolute Gasteiger partial charge is 0.292 e. The van der Waals surface area contributed by atoms with E-state index in [4.69, 9.17) is 5.84 Å². The minimum atomic E-state index is 0.262. The quantitative estimate of drug-likeness (QED) is 0.370. The summed E-state index contributed by atoms with van der Waals surface area (Å²) in [7, 11) is 0. The van der Waals surface area contributed by atoms with E-state index < -0.39 is 0 Å². The number of hydrogen-bond donors (Lipinski definition) is 2. The van der Waals surface area contributed by atoms with Crippen molar-refractivity contribution in [3.05, 3.63) is 72.4 Å². The fourth-order valence-corrected chi connectivity index (χ4v) is 3.16. The fourth-order valence-electron chi connectivity index (χ4n) is 3.16. The topological polar surface area (TPSA) is 41.3 Å². The Bertz CT molecular complexity index is 534. The number of hydrogen-bond acceptors (Lipinski definition) is 3. The van der Waals surface area contributed by atoms with Gasteiger partial charge >= 0.3 is 0 Å². The number of nitrogens with two attached hydrogens (primary N) is 1. The van der Waals surface area contributed by atoms with Crippen molar-refractivity contribution in [2.75, 3.05) is 19.6 Å². The normalized spacial score (nSPS) is 18.3. The Morgan fingerprint density at radius 3 is 2.44 bits per heavy atom. The third kappa shape index (κ3) is 9.18. The molecule has 1 aliphatic rings. The molecule has 0 spiro atoms. The Labute approximate surface area is 168 Å². The van der Waals surface area contributed by atoms with Crippen LogP contribution >= 0.6 is 0 Å². The molecular formula is C24H41N3. The van der Waals surface area contributed by atoms with Crippen LogP contribution in [0.15, 0.2) is 66.8 Å². The van der Waals surface area contributed by atoms with Crippen LogP contribution in [0.25, 0.3) is 0 Å². The zero-order valence-corrected chi connectivity index (χ0v) is 18.1. The maximum Gasteiger partial charge on any atom is 0.0601 e. The van der Waals surface area contributed by atoms with E-state index in [1.165, 1.54) is 24.0 Å². The molecule has 0 amide bonds. The van der Waals surface area contributed by atoms with Crippen LogP contribution in [0.2, 0.25) is 0 Å². The molecule has 0 aromatic heterocycles. The summed E-state index contributed by atoms with van der Waals surface area (Å²) in [5.74, 6) is 6.10. The van der Waals surface area contributed by atoms with E-state index in [0.717, 1.165) is 19.6 Å². The van der Waals surface area contributed by atoms with Crippen LogP contribution in [0.3, 0.4) is 0 Å². The lowest BCUT2D eigenvalue weighted by Crippen LogP contribution is -2.32. The van der Waals surface area contributed by atoms with Gasteiger partial charge in [0.25, 0.3) is 0 Å². The Hall–Kier alpha value is -1.68. The fraction of sp³-hybridized carbons (Fsp3) is 0.500. The molecule has 0 radical (unpaired) electrons. The van der Waals surface area contributed by atoms with Crippen molar-refractivity contribution >= 4 is 0 Å². The van der Waals surface area contributed by atoms with Gasteiger partial charge in [-0.25, -0.2) is 0 Å². The molecule has 3 nitrogen and oxygen atoms in total. The van der Waals surface area contributed by atoms with Crippen molar-refractivity contribution in [2.24, 2.45) is 11.8 Å². The first-order chi connectivity index (χ1) is 13.2. The molecular weight excluding hydrogens is 330 g/mol. The van der Waals surface area contributed by atoms with Crippen LogP contribution < -0.4 is 11.3 Å². The molecule has 27 heavy (non-hydrogen) atoms. The van der Waals surface area contributed by atoms with Gasteiger partial charge < -0.3 is 0 Å². The monoisotopic (exact) mass is 371 g/mol. The second kappa shape index (κ2) is 16.5. The summed E-state index contributed by atoms with van der Waals surface area (Å²) in [5, 5.41) is 0. The van der Waals surface area contributed by atoms with E-state index in [9.17, 15) is 0 Å². The van der Waals surface area contributed by atoms with Gasteiger partial charge in [-0.05, 0) is 36.9 Å². The standard InChI is InChI=1S/C19H27N3.C3H8.C2H6/c1-3-5-9-17(4-2)19(18-10-7-6-8-11-18)22-13-12-16(15-22)14-21-20;1-3-2;1-2/h3-11,16,19,21H,2,12-15,20H2,1H3;3H2,1-2H3;1-2H3/b5-3-,17-9+;;. The second-order valence-corrected chi connectivity index (χ2v) is 6.47. The number of benzene rings is 1. The van der Waals surface area contributed by atoms with E-state index >= 15 is 0 Å². The predicted octanol–water partition coefficient (Wildman–Crippen LogP) is 5.64. The van der Waals surface area contributed by atoms with Crippen LogP contribution in [0.5, 0.6) is 0 Å². The molecule has 0 saturated carbocycles. The molecule has 0 aliphatic carbocycles. The number of nitrogens with zero attached hydrogens (tertiary/aromatic N) is 1. The SMILES string of the molecule is C=C/C(=C\C=C/C)C(c1ccccc1)N1CCC(CNN)C1.CC.CCC. The third-order valence-corrected chi connectivity index (χ3v) is 4.24. The Kier molecular flexibility index (Phi) is 15.5. The van der Waals surface area contributed by atoms with E-state index in [1.807, 2.05) is 26.8 Å². The number of rotatable bonds is 7. The van der Waals surface area contributed by atoms with Gasteiger partial charge in [0, 0.05) is 13.1 Å². The highest BCUT2D eigenvalue weighted by atomic mass is 15.2. The molecule has 1 saturated heterocycles. The Balaban J connectivity index is 0.00000123. The molecule has 2 unspecified atom stereocenters. The summed E-state index contributed by atoms with van der Waals surface area (Å²) >= 11 is 0. The van der Waals surface area contributed by atoms with Crippen LogP contribution in [-0.4, -0.2) is 24.5 Å². The number of likely N-dealkylation sites (tertiary alicyclic amines) is 1. The predicted molar refractivity (Wildman–Crippen MR) is 121 cm³/mol. The summed E-state index contributed by atoms with van der Waals surface area (Å²) in [5.41, 5.74) is 5.37. The van der Waals surface area contributed by atoms with Gasteiger partial charge in [-0.1, -0.05) is 95.3 Å². The van der Waals surface area contributed by atoms with Crippen molar-refractivity contribution < 1.29 is 0 Å². The third-order valence-electron chi connectivity index (χ3n) is 4.24. The zero-order chi connectivity index (χ0) is 20.5. The van der Waals surface area contributed by atoms with Gasteiger partial charge in [-0.2, -0.15) is 0 Å². The highest BCUT2D eigenvalue weighted by Crippen LogP contribution is 2.33. The minimum Gasteiger partial charge on any atom is -0.292 e. The van der Waals surface area contributed by atoms with Gasteiger partial charge in [0.15, 0.2) is 0 Å². The highest BCUT2D eigenvalue weighted by molar-refractivity contribution is 5.36. The van der Waals surface area contributed by atoms with Crippen molar-refractivity contribution in [1.29, 1.82) is 0 Å². The van der Waals surface area contributed by atoms with Crippen LogP contribution in [0.4, 0.5) is 0 Å². The van der Waals surface area contributed by atoms with E-state index in [1.54, 1.807) is 0 Å². The lowest BCUT2D eigenvalue weighted by Gasteiger charge is -2.29. The molecule has 2 atom stereocenters. The maximum atomic E-state index is 5.49. The van der Waals surface area contributed by atoms with Crippen molar-refractivity contribution in [3.8, 4) is 0 Å². The van der Waals surface area contributed by atoms with Gasteiger partial charge in [-0.3, -0.25) is 16.2 Å². The van der Waals surface area contributed by atoms with Crippen molar-refractivity contribution in [3.63, 3.8) is 0 Å². The highest BCUT2D eigenvalue weighted by Gasteiger charge is 2.30. The maximum absolute atomic E-state index is 5.49. The lowest BCUT2D eigenvalue weighted by atomic mass is 9.96. The molecule has 1 aliphatic heterocycles.